The fourth-order valence-corrected chi connectivity index (χ4v) is 1.84. The van der Waals surface area contributed by atoms with Crippen LogP contribution in [0.1, 0.15) is 21.7 Å². The molecule has 0 saturated heterocycles. The van der Waals surface area contributed by atoms with E-state index in [-0.39, 0.29) is 17.3 Å². The minimum Gasteiger partial charge on any atom is -0.378 e. The molecule has 116 valence electrons. The molecule has 0 saturated carbocycles. The Balaban J connectivity index is 1.75. The normalized spacial score (nSPS) is 11.0. The van der Waals surface area contributed by atoms with Crippen molar-refractivity contribution in [3.05, 3.63) is 47.3 Å². The molecule has 0 atom stereocenters. The molecule has 3 N–H and O–H groups in total. The van der Waals surface area contributed by atoms with Crippen LogP contribution in [0.4, 0.5) is 5.82 Å². The average Bonchev–Trinajstić information content (AvgIpc) is 3.14. The van der Waals surface area contributed by atoms with Crippen LogP contribution in [0.2, 0.25) is 0 Å². The maximum absolute atomic E-state index is 12.1. The van der Waals surface area contributed by atoms with Gasteiger partial charge >= 0.3 is 0 Å². The third-order valence-corrected chi connectivity index (χ3v) is 2.99. The number of nitrogen functional groups attached to an aromatic ring is 1. The van der Waals surface area contributed by atoms with Crippen molar-refractivity contribution in [2.75, 3.05) is 5.73 Å². The highest BCUT2D eigenvalue weighted by molar-refractivity contribution is 5.94. The molecule has 2 aromatic heterocycles. The highest BCUT2D eigenvalue weighted by Gasteiger charge is 2.20. The zero-order chi connectivity index (χ0) is 16.2. The molecule has 1 aromatic carbocycles. The summed E-state index contributed by atoms with van der Waals surface area (Å²) in [5.41, 5.74) is 9.36. The van der Waals surface area contributed by atoms with Gasteiger partial charge in [0.05, 0.1) is 11.9 Å². The van der Waals surface area contributed by atoms with Crippen LogP contribution in [-0.4, -0.2) is 37.4 Å². The number of nitrogens with one attached hydrogen (secondary N) is 1. The fraction of sp³-hybridized carbons (Fsp3) is 0.0769. The van der Waals surface area contributed by atoms with Crippen LogP contribution in [0.3, 0.4) is 0 Å². The predicted molar refractivity (Wildman–Crippen MR) is 79.9 cm³/mol. The summed E-state index contributed by atoms with van der Waals surface area (Å²) in [4.78, 5) is 12.1. The van der Waals surface area contributed by atoms with Crippen molar-refractivity contribution in [2.45, 2.75) is 6.92 Å². The van der Waals surface area contributed by atoms with Crippen LogP contribution < -0.4 is 11.2 Å². The Morgan fingerprint density at radius 3 is 2.83 bits per heavy atom. The maximum atomic E-state index is 12.1. The summed E-state index contributed by atoms with van der Waals surface area (Å²) in [6.07, 6.45) is 1.52. The van der Waals surface area contributed by atoms with Crippen molar-refractivity contribution in [3.8, 4) is 5.82 Å². The molecule has 2 heterocycles. The lowest BCUT2D eigenvalue weighted by molar-refractivity contribution is 0.0949. The number of nitrogens with zero attached hydrogens (tertiary/aromatic N) is 6. The molecule has 3 rings (SSSR count). The first-order valence-electron chi connectivity index (χ1n) is 6.56. The summed E-state index contributed by atoms with van der Waals surface area (Å²) in [7, 11) is 0. The number of hydrazone groups is 1. The van der Waals surface area contributed by atoms with Gasteiger partial charge in [0, 0.05) is 0 Å². The summed E-state index contributed by atoms with van der Waals surface area (Å²) in [6.45, 7) is 1.64. The number of nitrogens with two attached hydrogens (primary N) is 1. The molecule has 0 aliphatic rings. The molecular formula is C13H12N8O2. The summed E-state index contributed by atoms with van der Waals surface area (Å²) in [5, 5.41) is 18.6. The van der Waals surface area contributed by atoms with E-state index in [1.807, 2.05) is 30.3 Å². The molecule has 0 aliphatic carbocycles. The van der Waals surface area contributed by atoms with E-state index in [9.17, 15) is 4.79 Å². The second kappa shape index (κ2) is 6.05. The van der Waals surface area contributed by atoms with E-state index in [0.717, 1.165) is 5.56 Å². The molecule has 1 amide bonds. The van der Waals surface area contributed by atoms with Gasteiger partial charge in [-0.15, -0.1) is 5.10 Å². The Morgan fingerprint density at radius 2 is 2.13 bits per heavy atom. The molecule has 10 nitrogen and oxygen atoms in total. The van der Waals surface area contributed by atoms with E-state index in [4.69, 9.17) is 5.73 Å². The number of carbonyl (C=O) groups is 1. The largest absolute Gasteiger partial charge is 0.378 e. The van der Waals surface area contributed by atoms with Crippen molar-refractivity contribution in [1.29, 1.82) is 0 Å². The zero-order valence-electron chi connectivity index (χ0n) is 12.0. The van der Waals surface area contributed by atoms with Crippen LogP contribution in [0, 0.1) is 6.92 Å². The summed E-state index contributed by atoms with van der Waals surface area (Å²) >= 11 is 0. The van der Waals surface area contributed by atoms with Gasteiger partial charge in [0.2, 0.25) is 11.6 Å². The van der Waals surface area contributed by atoms with Gasteiger partial charge < -0.3 is 5.73 Å². The van der Waals surface area contributed by atoms with Gasteiger partial charge in [0.15, 0.2) is 5.69 Å². The number of amides is 1. The zero-order valence-corrected chi connectivity index (χ0v) is 12.0. The molecular weight excluding hydrogens is 300 g/mol. The van der Waals surface area contributed by atoms with E-state index in [1.54, 1.807) is 6.92 Å². The lowest BCUT2D eigenvalue weighted by atomic mass is 10.2. The van der Waals surface area contributed by atoms with Crippen molar-refractivity contribution in [2.24, 2.45) is 5.10 Å². The quantitative estimate of drug-likeness (QED) is 0.522. The Bertz CT molecular complexity index is 852. The number of carbonyl (C=O) groups excluding carboxylic acids is 1. The van der Waals surface area contributed by atoms with Gasteiger partial charge in [0.25, 0.3) is 5.91 Å². The Hall–Kier alpha value is -3.56. The summed E-state index contributed by atoms with van der Waals surface area (Å²) in [5.74, 6) is -0.287. The molecule has 0 aliphatic heterocycles. The van der Waals surface area contributed by atoms with Gasteiger partial charge in [-0.2, -0.15) is 9.78 Å². The summed E-state index contributed by atoms with van der Waals surface area (Å²) in [6, 6.07) is 9.35. The molecule has 0 unspecified atom stereocenters. The van der Waals surface area contributed by atoms with E-state index in [0.29, 0.717) is 5.69 Å². The van der Waals surface area contributed by atoms with Crippen molar-refractivity contribution < 1.29 is 9.42 Å². The maximum Gasteiger partial charge on any atom is 0.293 e. The van der Waals surface area contributed by atoms with Crippen LogP contribution in [-0.2, 0) is 0 Å². The molecule has 3 aromatic rings. The molecule has 0 fully saturated rings. The van der Waals surface area contributed by atoms with Gasteiger partial charge in [-0.25, -0.2) is 10.1 Å². The number of hydrogen-bond donors (Lipinski definition) is 2. The Kier molecular flexibility index (Phi) is 3.78. The topological polar surface area (TPSA) is 137 Å². The highest BCUT2D eigenvalue weighted by Crippen LogP contribution is 2.14. The highest BCUT2D eigenvalue weighted by atomic mass is 16.6. The van der Waals surface area contributed by atoms with Crippen molar-refractivity contribution >= 4 is 17.9 Å². The second-order valence-corrected chi connectivity index (χ2v) is 4.52. The van der Waals surface area contributed by atoms with E-state index >= 15 is 0 Å². The lowest BCUT2D eigenvalue weighted by Crippen LogP contribution is -2.19. The smallest absolute Gasteiger partial charge is 0.293 e. The number of rotatable bonds is 4. The van der Waals surface area contributed by atoms with E-state index in [1.165, 1.54) is 10.9 Å². The number of aromatic nitrogens is 5. The van der Waals surface area contributed by atoms with Crippen LogP contribution in [0.5, 0.6) is 0 Å². The van der Waals surface area contributed by atoms with Gasteiger partial charge in [-0.3, -0.25) is 4.79 Å². The minimum absolute atomic E-state index is 0.0482. The standard InChI is InChI=1S/C13H12N8O2/c1-8-10(16-20-21(8)12-11(14)18-23-19-12)13(22)17-15-7-9-5-3-2-4-6-9/h2-7H,1H3,(H2,14,18)(H,17,22)/b15-7-. The van der Waals surface area contributed by atoms with Crippen LogP contribution >= 0.6 is 0 Å². The van der Waals surface area contributed by atoms with Crippen molar-refractivity contribution in [3.63, 3.8) is 0 Å². The Morgan fingerprint density at radius 1 is 1.35 bits per heavy atom. The van der Waals surface area contributed by atoms with E-state index < -0.39 is 5.91 Å². The number of anilines is 1. The molecule has 23 heavy (non-hydrogen) atoms. The van der Waals surface area contributed by atoms with E-state index in [2.05, 4.69) is 35.8 Å². The molecule has 10 heteroatoms. The SMILES string of the molecule is Cc1c(C(=O)N/N=C\c2ccccc2)nnn1-c1nonc1N. The first-order chi connectivity index (χ1) is 11.2. The molecule has 0 bridgehead atoms. The number of benzene rings is 1. The third-order valence-electron chi connectivity index (χ3n) is 2.99. The first-order valence-corrected chi connectivity index (χ1v) is 6.56. The van der Waals surface area contributed by atoms with Crippen molar-refractivity contribution in [1.82, 2.24) is 30.7 Å². The average molecular weight is 312 g/mol. The third kappa shape index (κ3) is 2.90. The van der Waals surface area contributed by atoms with Crippen LogP contribution in [0.15, 0.2) is 40.1 Å². The monoisotopic (exact) mass is 312 g/mol. The van der Waals surface area contributed by atoms with Gasteiger partial charge in [0.1, 0.15) is 0 Å². The van der Waals surface area contributed by atoms with Gasteiger partial charge in [-0.1, -0.05) is 35.5 Å². The molecule has 0 radical (unpaired) electrons. The second-order valence-electron chi connectivity index (χ2n) is 4.52. The first kappa shape index (κ1) is 14.4. The molecule has 0 spiro atoms. The fourth-order valence-electron chi connectivity index (χ4n) is 1.84. The van der Waals surface area contributed by atoms with Gasteiger partial charge in [-0.05, 0) is 22.8 Å². The summed E-state index contributed by atoms with van der Waals surface area (Å²) < 4.78 is 5.77. The lowest BCUT2D eigenvalue weighted by Gasteiger charge is -1.99. The Labute approximate surface area is 129 Å². The van der Waals surface area contributed by atoms with Crippen LogP contribution in [0.25, 0.3) is 5.82 Å². The predicted octanol–water partition coefficient (Wildman–Crippen LogP) is 0.305. The number of hydrogen-bond acceptors (Lipinski definition) is 8. The minimum atomic E-state index is -0.504.